The molecule has 0 heterocycles. The lowest BCUT2D eigenvalue weighted by Crippen LogP contribution is -2.34. The van der Waals surface area contributed by atoms with Crippen LogP contribution in [0.4, 0.5) is 0 Å². The summed E-state index contributed by atoms with van der Waals surface area (Å²) in [5.74, 6) is 0.746. The number of ketones is 1. The van der Waals surface area contributed by atoms with E-state index in [2.05, 4.69) is 46.4 Å². The normalized spacial score (nSPS) is 24.5. The molecule has 194 valence electrons. The van der Waals surface area contributed by atoms with Gasteiger partial charge >= 0.3 is 0 Å². The fourth-order valence-corrected chi connectivity index (χ4v) is 4.84. The van der Waals surface area contributed by atoms with Gasteiger partial charge in [-0.15, -0.1) is 0 Å². The summed E-state index contributed by atoms with van der Waals surface area (Å²) in [6, 6.07) is 7.85. The van der Waals surface area contributed by atoms with Gasteiger partial charge in [-0.1, -0.05) is 54.5 Å². The summed E-state index contributed by atoms with van der Waals surface area (Å²) in [6.07, 6.45) is 6.55. The van der Waals surface area contributed by atoms with Crippen molar-refractivity contribution in [3.8, 4) is 5.75 Å². The molecule has 0 spiro atoms. The van der Waals surface area contributed by atoms with Crippen molar-refractivity contribution in [2.24, 2.45) is 17.3 Å². The molecule has 1 aliphatic rings. The highest BCUT2D eigenvalue weighted by Gasteiger charge is 2.57. The van der Waals surface area contributed by atoms with Gasteiger partial charge in [-0.25, -0.2) is 0 Å². The van der Waals surface area contributed by atoms with Crippen LogP contribution in [0, 0.1) is 17.3 Å². The van der Waals surface area contributed by atoms with Crippen molar-refractivity contribution in [3.05, 3.63) is 65.3 Å². The Morgan fingerprint density at radius 1 is 1.09 bits per heavy atom. The van der Waals surface area contributed by atoms with E-state index >= 15 is 0 Å². The Kier molecular flexibility index (Phi) is 11.4. The van der Waals surface area contributed by atoms with Crippen LogP contribution in [0.2, 0.25) is 0 Å². The van der Waals surface area contributed by atoms with Crippen molar-refractivity contribution in [1.82, 2.24) is 0 Å². The van der Waals surface area contributed by atoms with Gasteiger partial charge in [0.25, 0.3) is 0 Å². The summed E-state index contributed by atoms with van der Waals surface area (Å²) < 4.78 is 22.5. The van der Waals surface area contributed by atoms with E-state index in [-0.39, 0.29) is 24.4 Å². The van der Waals surface area contributed by atoms with Crippen LogP contribution in [0.3, 0.4) is 0 Å². The first-order valence-electron chi connectivity index (χ1n) is 12.4. The standard InChI is InChI=1S/C30H44O5/c1-21(2)10-9-11-23(5)16-17-30(6)26(19-34-18-24-12-14-25(33-8)15-13-24)27(22(3)4)28(29(30)31)35-20-32-7/h10,12-16,26-28H,3,9,11,17-20H2,1-2,4-8H3/b23-16+/t26-,27+,28?,30+/m0/s1. The molecular formula is C30H44O5. The Labute approximate surface area is 212 Å². The molecule has 1 aromatic carbocycles. The number of ether oxygens (including phenoxy) is 4. The van der Waals surface area contributed by atoms with Crippen LogP contribution in [0.1, 0.15) is 59.4 Å². The third-order valence-corrected chi connectivity index (χ3v) is 7.02. The fraction of sp³-hybridized carbons (Fsp3) is 0.567. The predicted molar refractivity (Wildman–Crippen MR) is 141 cm³/mol. The number of hydrogen-bond donors (Lipinski definition) is 0. The van der Waals surface area contributed by atoms with Crippen LogP contribution in [0.15, 0.2) is 59.7 Å². The first-order chi connectivity index (χ1) is 16.6. The summed E-state index contributed by atoms with van der Waals surface area (Å²) >= 11 is 0. The Hall–Kier alpha value is -2.21. The van der Waals surface area contributed by atoms with E-state index in [0.717, 1.165) is 29.7 Å². The second-order valence-corrected chi connectivity index (χ2v) is 10.2. The fourth-order valence-electron chi connectivity index (χ4n) is 4.84. The highest BCUT2D eigenvalue weighted by atomic mass is 16.7. The molecule has 1 fully saturated rings. The van der Waals surface area contributed by atoms with Gasteiger partial charge in [-0.05, 0) is 64.7 Å². The Balaban J connectivity index is 2.23. The molecule has 5 heteroatoms. The average molecular weight is 485 g/mol. The molecule has 1 aromatic rings. The Bertz CT molecular complexity index is 894. The van der Waals surface area contributed by atoms with Crippen molar-refractivity contribution in [1.29, 1.82) is 0 Å². The summed E-state index contributed by atoms with van der Waals surface area (Å²) in [7, 11) is 3.23. The molecule has 0 bridgehead atoms. The van der Waals surface area contributed by atoms with E-state index in [0.29, 0.717) is 19.6 Å². The molecule has 1 unspecified atom stereocenters. The zero-order chi connectivity index (χ0) is 26.0. The van der Waals surface area contributed by atoms with Gasteiger partial charge in [0.2, 0.25) is 0 Å². The van der Waals surface area contributed by atoms with Crippen LogP contribution >= 0.6 is 0 Å². The smallest absolute Gasteiger partial charge is 0.168 e. The molecule has 5 nitrogen and oxygen atoms in total. The van der Waals surface area contributed by atoms with Crippen LogP contribution < -0.4 is 4.74 Å². The molecular weight excluding hydrogens is 440 g/mol. The lowest BCUT2D eigenvalue weighted by Gasteiger charge is -2.32. The third-order valence-electron chi connectivity index (χ3n) is 7.02. The maximum absolute atomic E-state index is 13.7. The maximum Gasteiger partial charge on any atom is 0.168 e. The lowest BCUT2D eigenvalue weighted by atomic mass is 9.73. The number of rotatable bonds is 14. The summed E-state index contributed by atoms with van der Waals surface area (Å²) in [6.45, 7) is 15.6. The molecule has 0 radical (unpaired) electrons. The van der Waals surface area contributed by atoms with Crippen LogP contribution in [0.5, 0.6) is 5.75 Å². The summed E-state index contributed by atoms with van der Waals surface area (Å²) in [4.78, 5) is 13.7. The lowest BCUT2D eigenvalue weighted by molar-refractivity contribution is -0.143. The summed E-state index contributed by atoms with van der Waals surface area (Å²) in [5.41, 5.74) is 4.01. The van der Waals surface area contributed by atoms with Crippen LogP contribution in [-0.4, -0.2) is 39.5 Å². The molecule has 0 N–H and O–H groups in total. The van der Waals surface area contributed by atoms with Crippen LogP contribution in [0.25, 0.3) is 0 Å². The number of methoxy groups -OCH3 is 2. The highest BCUT2D eigenvalue weighted by molar-refractivity contribution is 5.92. The Morgan fingerprint density at radius 3 is 2.34 bits per heavy atom. The molecule has 1 aliphatic carbocycles. The first-order valence-corrected chi connectivity index (χ1v) is 12.4. The quantitative estimate of drug-likeness (QED) is 0.218. The SMILES string of the molecule is C=C(C)[C@H]1C(OCOC)C(=O)[C@](C)(C/C=C(\C)CCC=C(C)C)[C@H]1COCc1ccc(OC)cc1. The number of hydrogen-bond acceptors (Lipinski definition) is 5. The topological polar surface area (TPSA) is 54.0 Å². The number of allylic oxidation sites excluding steroid dienone is 4. The van der Waals surface area contributed by atoms with Crippen LogP contribution in [-0.2, 0) is 25.6 Å². The van der Waals surface area contributed by atoms with E-state index < -0.39 is 11.5 Å². The van der Waals surface area contributed by atoms with Crippen molar-refractivity contribution < 1.29 is 23.7 Å². The minimum Gasteiger partial charge on any atom is -0.497 e. The third kappa shape index (κ3) is 7.89. The van der Waals surface area contributed by atoms with E-state index in [4.69, 9.17) is 18.9 Å². The first kappa shape index (κ1) is 29.0. The minimum absolute atomic E-state index is 0.0468. The van der Waals surface area contributed by atoms with E-state index in [1.807, 2.05) is 31.2 Å². The molecule has 0 aromatic heterocycles. The van der Waals surface area contributed by atoms with Gasteiger partial charge < -0.3 is 18.9 Å². The number of Topliss-reactive ketones (excluding diaryl/α,β-unsaturated/α-hetero) is 1. The van der Waals surface area contributed by atoms with Gasteiger partial charge in [0.05, 0.1) is 20.3 Å². The van der Waals surface area contributed by atoms with Gasteiger partial charge in [0.1, 0.15) is 18.6 Å². The van der Waals surface area contributed by atoms with E-state index in [1.165, 1.54) is 11.1 Å². The molecule has 2 rings (SSSR count). The second-order valence-electron chi connectivity index (χ2n) is 10.2. The molecule has 35 heavy (non-hydrogen) atoms. The van der Waals surface area contributed by atoms with Gasteiger partial charge in [-0.3, -0.25) is 4.79 Å². The van der Waals surface area contributed by atoms with Crippen molar-refractivity contribution in [2.45, 2.75) is 66.6 Å². The zero-order valence-electron chi connectivity index (χ0n) is 22.7. The molecule has 4 atom stereocenters. The predicted octanol–water partition coefficient (Wildman–Crippen LogP) is 6.68. The largest absolute Gasteiger partial charge is 0.497 e. The van der Waals surface area contributed by atoms with Crippen molar-refractivity contribution >= 4 is 5.78 Å². The van der Waals surface area contributed by atoms with Gasteiger partial charge in [-0.2, -0.15) is 0 Å². The molecule has 0 amide bonds. The van der Waals surface area contributed by atoms with Gasteiger partial charge in [0.15, 0.2) is 5.78 Å². The molecule has 1 saturated carbocycles. The number of carbonyl (C=O) groups is 1. The molecule has 0 saturated heterocycles. The minimum atomic E-state index is -0.611. The van der Waals surface area contributed by atoms with E-state index in [9.17, 15) is 4.79 Å². The summed E-state index contributed by atoms with van der Waals surface area (Å²) in [5, 5.41) is 0. The monoisotopic (exact) mass is 484 g/mol. The van der Waals surface area contributed by atoms with Crippen molar-refractivity contribution in [2.75, 3.05) is 27.6 Å². The number of benzene rings is 1. The van der Waals surface area contributed by atoms with E-state index in [1.54, 1.807) is 14.2 Å². The average Bonchev–Trinajstić information content (AvgIpc) is 3.03. The maximum atomic E-state index is 13.7. The Morgan fingerprint density at radius 2 is 1.77 bits per heavy atom. The highest BCUT2D eigenvalue weighted by Crippen LogP contribution is 2.50. The zero-order valence-corrected chi connectivity index (χ0v) is 22.7. The molecule has 0 aliphatic heterocycles. The van der Waals surface area contributed by atoms with Gasteiger partial charge in [0, 0.05) is 24.4 Å². The number of carbonyl (C=O) groups excluding carboxylic acids is 1. The van der Waals surface area contributed by atoms with Crippen molar-refractivity contribution in [3.63, 3.8) is 0 Å². The second kappa shape index (κ2) is 13.8.